The Morgan fingerprint density at radius 2 is 2.32 bits per heavy atom. The molecule has 1 aliphatic heterocycles. The SMILES string of the molecule is Cc1nnc(CN2CCc3sccc3[C@H]2C2CC2)o1. The van der Waals surface area contributed by atoms with Crippen molar-refractivity contribution >= 4 is 11.3 Å². The van der Waals surface area contributed by atoms with Gasteiger partial charge in [-0.2, -0.15) is 0 Å². The maximum Gasteiger partial charge on any atom is 0.230 e. The van der Waals surface area contributed by atoms with Crippen molar-refractivity contribution < 1.29 is 4.42 Å². The van der Waals surface area contributed by atoms with Gasteiger partial charge in [0.15, 0.2) is 0 Å². The number of hydrogen-bond donors (Lipinski definition) is 0. The molecule has 4 rings (SSSR count). The summed E-state index contributed by atoms with van der Waals surface area (Å²) < 4.78 is 5.54. The fourth-order valence-corrected chi connectivity index (χ4v) is 4.03. The molecule has 0 saturated heterocycles. The van der Waals surface area contributed by atoms with Gasteiger partial charge in [-0.25, -0.2) is 0 Å². The van der Waals surface area contributed by atoms with Crippen molar-refractivity contribution in [3.05, 3.63) is 33.7 Å². The molecule has 100 valence electrons. The van der Waals surface area contributed by atoms with Crippen LogP contribution in [0.1, 0.15) is 41.1 Å². The quantitative estimate of drug-likeness (QED) is 0.863. The third-order valence-corrected chi connectivity index (χ3v) is 5.09. The van der Waals surface area contributed by atoms with Crippen LogP contribution in [0.2, 0.25) is 0 Å². The molecular formula is C14H17N3OS. The molecule has 0 bridgehead atoms. The molecule has 5 heteroatoms. The van der Waals surface area contributed by atoms with Gasteiger partial charge in [-0.3, -0.25) is 4.90 Å². The van der Waals surface area contributed by atoms with E-state index in [2.05, 4.69) is 26.5 Å². The minimum absolute atomic E-state index is 0.571. The van der Waals surface area contributed by atoms with E-state index in [1.807, 2.05) is 18.3 Å². The average Bonchev–Trinajstić information content (AvgIpc) is 2.97. The van der Waals surface area contributed by atoms with E-state index in [0.717, 1.165) is 31.3 Å². The molecular weight excluding hydrogens is 258 g/mol. The smallest absolute Gasteiger partial charge is 0.230 e. The van der Waals surface area contributed by atoms with Crippen LogP contribution >= 0.6 is 11.3 Å². The van der Waals surface area contributed by atoms with Crippen LogP contribution < -0.4 is 0 Å². The van der Waals surface area contributed by atoms with Gasteiger partial charge in [-0.05, 0) is 42.2 Å². The van der Waals surface area contributed by atoms with Crippen molar-refractivity contribution in [2.24, 2.45) is 5.92 Å². The Balaban J connectivity index is 1.61. The van der Waals surface area contributed by atoms with E-state index in [9.17, 15) is 0 Å². The van der Waals surface area contributed by atoms with Gasteiger partial charge in [0.1, 0.15) is 0 Å². The topological polar surface area (TPSA) is 42.2 Å². The fourth-order valence-electron chi connectivity index (χ4n) is 3.11. The third kappa shape index (κ3) is 2.11. The highest BCUT2D eigenvalue weighted by atomic mass is 32.1. The number of nitrogens with zero attached hydrogens (tertiary/aromatic N) is 3. The molecule has 0 amide bonds. The standard InChI is InChI=1S/C14H17N3OS/c1-9-15-16-13(18-9)8-17-6-4-12-11(5-7-19-12)14(17)10-2-3-10/h5,7,10,14H,2-4,6,8H2,1H3/t14-/m1/s1. The zero-order valence-corrected chi connectivity index (χ0v) is 11.8. The van der Waals surface area contributed by atoms with Gasteiger partial charge in [0.05, 0.1) is 6.54 Å². The van der Waals surface area contributed by atoms with Gasteiger partial charge in [-0.15, -0.1) is 21.5 Å². The number of aryl methyl sites for hydroxylation is 1. The highest BCUT2D eigenvalue weighted by Gasteiger charge is 2.40. The Bertz CT molecular complexity index is 587. The van der Waals surface area contributed by atoms with E-state index in [4.69, 9.17) is 4.42 Å². The molecule has 0 radical (unpaired) electrons. The van der Waals surface area contributed by atoms with E-state index in [1.54, 1.807) is 10.4 Å². The molecule has 1 fully saturated rings. The van der Waals surface area contributed by atoms with Crippen LogP contribution in [-0.4, -0.2) is 21.6 Å². The second-order valence-electron chi connectivity index (χ2n) is 5.52. The Morgan fingerprint density at radius 1 is 1.42 bits per heavy atom. The van der Waals surface area contributed by atoms with Crippen molar-refractivity contribution in [3.8, 4) is 0 Å². The summed E-state index contributed by atoms with van der Waals surface area (Å²) in [6.45, 7) is 3.75. The van der Waals surface area contributed by atoms with Gasteiger partial charge in [0, 0.05) is 24.4 Å². The van der Waals surface area contributed by atoms with Crippen molar-refractivity contribution in [1.29, 1.82) is 0 Å². The second-order valence-corrected chi connectivity index (χ2v) is 6.52. The number of aromatic nitrogens is 2. The predicted octanol–water partition coefficient (Wildman–Crippen LogP) is 2.95. The molecule has 3 heterocycles. The first-order chi connectivity index (χ1) is 9.31. The number of hydrogen-bond acceptors (Lipinski definition) is 5. The third-order valence-electron chi connectivity index (χ3n) is 4.09. The Kier molecular flexibility index (Phi) is 2.70. The zero-order valence-electron chi connectivity index (χ0n) is 11.0. The summed E-state index contributed by atoms with van der Waals surface area (Å²) in [7, 11) is 0. The Labute approximate surface area is 116 Å². The molecule has 2 aromatic heterocycles. The van der Waals surface area contributed by atoms with E-state index < -0.39 is 0 Å². The molecule has 1 aliphatic carbocycles. The zero-order chi connectivity index (χ0) is 12.8. The molecule has 0 N–H and O–H groups in total. The van der Waals surface area contributed by atoms with Crippen LogP contribution in [0.5, 0.6) is 0 Å². The first kappa shape index (κ1) is 11.6. The van der Waals surface area contributed by atoms with Gasteiger partial charge in [-0.1, -0.05) is 0 Å². The lowest BCUT2D eigenvalue weighted by molar-refractivity contribution is 0.143. The maximum absolute atomic E-state index is 5.54. The van der Waals surface area contributed by atoms with Crippen LogP contribution in [0.4, 0.5) is 0 Å². The van der Waals surface area contributed by atoms with Gasteiger partial charge in [0.2, 0.25) is 11.8 Å². The van der Waals surface area contributed by atoms with Crippen LogP contribution in [-0.2, 0) is 13.0 Å². The minimum atomic E-state index is 0.571. The second kappa shape index (κ2) is 4.42. The van der Waals surface area contributed by atoms with E-state index in [1.165, 1.54) is 12.8 Å². The van der Waals surface area contributed by atoms with Crippen molar-refractivity contribution in [1.82, 2.24) is 15.1 Å². The minimum Gasteiger partial charge on any atom is -0.424 e. The van der Waals surface area contributed by atoms with Gasteiger partial charge < -0.3 is 4.42 Å². The highest BCUT2D eigenvalue weighted by Crippen LogP contribution is 2.48. The molecule has 1 saturated carbocycles. The summed E-state index contributed by atoms with van der Waals surface area (Å²) in [5, 5.41) is 10.3. The molecule has 0 unspecified atom stereocenters. The summed E-state index contributed by atoms with van der Waals surface area (Å²) >= 11 is 1.91. The Hall–Kier alpha value is -1.20. The van der Waals surface area contributed by atoms with Crippen LogP contribution in [0.15, 0.2) is 15.9 Å². The van der Waals surface area contributed by atoms with Crippen molar-refractivity contribution in [2.45, 2.75) is 38.8 Å². The normalized spacial score (nSPS) is 23.5. The predicted molar refractivity (Wildman–Crippen MR) is 72.9 cm³/mol. The van der Waals surface area contributed by atoms with E-state index in [0.29, 0.717) is 11.9 Å². The lowest BCUT2D eigenvalue weighted by Crippen LogP contribution is -2.35. The van der Waals surface area contributed by atoms with Crippen molar-refractivity contribution in [2.75, 3.05) is 6.54 Å². The molecule has 4 nitrogen and oxygen atoms in total. The largest absolute Gasteiger partial charge is 0.424 e. The molecule has 19 heavy (non-hydrogen) atoms. The molecule has 1 atom stereocenters. The Morgan fingerprint density at radius 3 is 3.05 bits per heavy atom. The lowest BCUT2D eigenvalue weighted by atomic mass is 9.96. The van der Waals surface area contributed by atoms with Crippen molar-refractivity contribution in [3.63, 3.8) is 0 Å². The van der Waals surface area contributed by atoms with E-state index in [-0.39, 0.29) is 0 Å². The number of rotatable bonds is 3. The van der Waals surface area contributed by atoms with Gasteiger partial charge >= 0.3 is 0 Å². The summed E-state index contributed by atoms with van der Waals surface area (Å²) in [5.74, 6) is 2.24. The molecule has 2 aliphatic rings. The maximum atomic E-state index is 5.54. The lowest BCUT2D eigenvalue weighted by Gasteiger charge is -2.35. The van der Waals surface area contributed by atoms with Crippen LogP contribution in [0, 0.1) is 12.8 Å². The van der Waals surface area contributed by atoms with Crippen LogP contribution in [0.25, 0.3) is 0 Å². The molecule has 0 aromatic carbocycles. The summed E-state index contributed by atoms with van der Waals surface area (Å²) in [6.07, 6.45) is 3.88. The average molecular weight is 275 g/mol. The number of thiophene rings is 1. The first-order valence-electron chi connectivity index (χ1n) is 6.90. The van der Waals surface area contributed by atoms with E-state index >= 15 is 0 Å². The summed E-state index contributed by atoms with van der Waals surface area (Å²) in [5.41, 5.74) is 1.55. The van der Waals surface area contributed by atoms with Crippen LogP contribution in [0.3, 0.4) is 0 Å². The van der Waals surface area contributed by atoms with Gasteiger partial charge in [0.25, 0.3) is 0 Å². The fraction of sp³-hybridized carbons (Fsp3) is 0.571. The molecule has 0 spiro atoms. The molecule has 2 aromatic rings. The monoisotopic (exact) mass is 275 g/mol. The summed E-state index contributed by atoms with van der Waals surface area (Å²) in [6, 6.07) is 2.89. The number of fused-ring (bicyclic) bond motifs is 1. The highest BCUT2D eigenvalue weighted by molar-refractivity contribution is 7.10. The summed E-state index contributed by atoms with van der Waals surface area (Å²) in [4.78, 5) is 4.11. The first-order valence-corrected chi connectivity index (χ1v) is 7.78.